The molecule has 1 amide bonds. The number of hydrogen-bond acceptors (Lipinski definition) is 4. The van der Waals surface area contributed by atoms with Crippen molar-refractivity contribution in [1.82, 2.24) is 10.2 Å². The van der Waals surface area contributed by atoms with E-state index in [0.29, 0.717) is 12.0 Å². The number of phenolic OH excluding ortho intramolecular Hbond substituents is 1. The number of aliphatic hydroxyl groups excluding tert-OH is 1. The van der Waals surface area contributed by atoms with Gasteiger partial charge in [-0.1, -0.05) is 30.3 Å². The molecule has 4 atom stereocenters. The molecular weight excluding hydrogens is 388 g/mol. The average molecular weight is 421 g/mol. The molecule has 1 saturated heterocycles. The molecule has 5 rings (SSSR count). The van der Waals surface area contributed by atoms with E-state index in [1.54, 1.807) is 6.07 Å². The molecule has 5 heteroatoms. The number of fused-ring (bicyclic) bond motifs is 1. The summed E-state index contributed by atoms with van der Waals surface area (Å²) in [6.07, 6.45) is 4.46. The molecule has 3 N–H and O–H groups in total. The Kier molecular flexibility index (Phi) is 5.49. The zero-order valence-corrected chi connectivity index (χ0v) is 17.9. The van der Waals surface area contributed by atoms with Gasteiger partial charge < -0.3 is 20.4 Å². The van der Waals surface area contributed by atoms with Crippen LogP contribution in [0, 0.1) is 11.8 Å². The fraction of sp³-hybridized carbons (Fsp3) is 0.500. The predicted molar refractivity (Wildman–Crippen MR) is 120 cm³/mol. The minimum Gasteiger partial charge on any atom is -0.508 e. The van der Waals surface area contributed by atoms with Crippen LogP contribution in [0.5, 0.6) is 5.75 Å². The lowest BCUT2D eigenvalue weighted by Crippen LogP contribution is -2.61. The molecule has 3 aliphatic rings. The number of aromatic hydroxyl groups is 1. The molecule has 2 aromatic rings. The number of nitrogens with zero attached hydrogens (tertiary/aromatic N) is 1. The average Bonchev–Trinajstić information content (AvgIpc) is 3.59. The molecule has 2 aliphatic carbocycles. The SMILES string of the molecule is O=C(N[C@H]1CC(O)[C@@H]2CN(CC3CC3)CC[C@@]2(c2cccc(O)c2)C1)c1ccccc1. The van der Waals surface area contributed by atoms with Crippen LogP contribution in [0.4, 0.5) is 0 Å². The molecule has 2 aromatic carbocycles. The molecule has 1 aliphatic heterocycles. The third-order valence-corrected chi connectivity index (χ3v) is 7.65. The summed E-state index contributed by atoms with van der Waals surface area (Å²) >= 11 is 0. The second-order valence-electron chi connectivity index (χ2n) is 9.81. The Labute approximate surface area is 184 Å². The predicted octanol–water partition coefficient (Wildman–Crippen LogP) is 3.32. The van der Waals surface area contributed by atoms with Crippen LogP contribution in [-0.4, -0.2) is 52.8 Å². The highest BCUT2D eigenvalue weighted by Gasteiger charge is 2.52. The van der Waals surface area contributed by atoms with Crippen molar-refractivity contribution in [2.45, 2.75) is 49.7 Å². The highest BCUT2D eigenvalue weighted by molar-refractivity contribution is 5.94. The maximum atomic E-state index is 12.8. The van der Waals surface area contributed by atoms with Crippen molar-refractivity contribution in [3.05, 3.63) is 65.7 Å². The Balaban J connectivity index is 1.41. The van der Waals surface area contributed by atoms with E-state index < -0.39 is 6.10 Å². The number of benzene rings is 2. The number of phenols is 1. The largest absolute Gasteiger partial charge is 0.508 e. The van der Waals surface area contributed by atoms with Gasteiger partial charge >= 0.3 is 0 Å². The van der Waals surface area contributed by atoms with E-state index in [4.69, 9.17) is 0 Å². The molecular formula is C26H32N2O3. The number of aliphatic hydroxyl groups is 1. The third kappa shape index (κ3) is 4.21. The topological polar surface area (TPSA) is 72.8 Å². The molecule has 0 aromatic heterocycles. The number of nitrogens with one attached hydrogen (secondary N) is 1. The Morgan fingerprint density at radius 1 is 1.13 bits per heavy atom. The molecule has 0 bridgehead atoms. The van der Waals surface area contributed by atoms with Crippen molar-refractivity contribution in [1.29, 1.82) is 0 Å². The van der Waals surface area contributed by atoms with Crippen LogP contribution in [0.25, 0.3) is 0 Å². The van der Waals surface area contributed by atoms with Gasteiger partial charge in [0, 0.05) is 36.0 Å². The summed E-state index contributed by atoms with van der Waals surface area (Å²) in [4.78, 5) is 15.3. The molecule has 3 fully saturated rings. The van der Waals surface area contributed by atoms with Crippen molar-refractivity contribution in [2.75, 3.05) is 19.6 Å². The van der Waals surface area contributed by atoms with Crippen LogP contribution < -0.4 is 5.32 Å². The third-order valence-electron chi connectivity index (χ3n) is 7.65. The number of carbonyl (C=O) groups is 1. The Bertz CT molecular complexity index is 929. The molecule has 0 radical (unpaired) electrons. The van der Waals surface area contributed by atoms with Crippen molar-refractivity contribution in [3.8, 4) is 5.75 Å². The Hall–Kier alpha value is -2.37. The molecule has 1 unspecified atom stereocenters. The van der Waals surface area contributed by atoms with E-state index in [2.05, 4.69) is 16.3 Å². The van der Waals surface area contributed by atoms with Gasteiger partial charge in [0.2, 0.25) is 0 Å². The smallest absolute Gasteiger partial charge is 0.251 e. The second-order valence-corrected chi connectivity index (χ2v) is 9.81. The zero-order chi connectivity index (χ0) is 21.4. The second kappa shape index (κ2) is 8.29. The molecule has 1 heterocycles. The van der Waals surface area contributed by atoms with E-state index in [1.165, 1.54) is 12.8 Å². The highest BCUT2D eigenvalue weighted by atomic mass is 16.3. The van der Waals surface area contributed by atoms with Gasteiger partial charge in [0.25, 0.3) is 5.91 Å². The summed E-state index contributed by atoms with van der Waals surface area (Å²) in [5.41, 5.74) is 1.48. The van der Waals surface area contributed by atoms with Gasteiger partial charge in [0.1, 0.15) is 5.75 Å². The van der Waals surface area contributed by atoms with E-state index >= 15 is 0 Å². The minimum absolute atomic E-state index is 0.0894. The van der Waals surface area contributed by atoms with Gasteiger partial charge in [-0.25, -0.2) is 0 Å². The first-order valence-electron chi connectivity index (χ1n) is 11.6. The van der Waals surface area contributed by atoms with Gasteiger partial charge in [0.05, 0.1) is 6.10 Å². The first-order valence-corrected chi connectivity index (χ1v) is 11.6. The van der Waals surface area contributed by atoms with Crippen molar-refractivity contribution < 1.29 is 15.0 Å². The monoisotopic (exact) mass is 420 g/mol. The summed E-state index contributed by atoms with van der Waals surface area (Å²) in [5, 5.41) is 24.7. The first kappa shape index (κ1) is 20.5. The lowest BCUT2D eigenvalue weighted by Gasteiger charge is -2.55. The van der Waals surface area contributed by atoms with E-state index in [0.717, 1.165) is 44.0 Å². The summed E-state index contributed by atoms with van der Waals surface area (Å²) in [6, 6.07) is 16.7. The van der Waals surface area contributed by atoms with E-state index in [-0.39, 0.29) is 29.0 Å². The minimum atomic E-state index is -0.487. The van der Waals surface area contributed by atoms with Crippen LogP contribution >= 0.6 is 0 Å². The van der Waals surface area contributed by atoms with Crippen molar-refractivity contribution in [2.24, 2.45) is 11.8 Å². The van der Waals surface area contributed by atoms with Gasteiger partial charge in [-0.05, 0) is 74.4 Å². The summed E-state index contributed by atoms with van der Waals surface area (Å²) < 4.78 is 0. The maximum absolute atomic E-state index is 12.8. The van der Waals surface area contributed by atoms with Crippen LogP contribution in [0.15, 0.2) is 54.6 Å². The number of carbonyl (C=O) groups excluding carboxylic acids is 1. The van der Waals surface area contributed by atoms with E-state index in [9.17, 15) is 15.0 Å². The molecule has 0 spiro atoms. The number of likely N-dealkylation sites (tertiary alicyclic amines) is 1. The summed E-state index contributed by atoms with van der Waals surface area (Å²) in [7, 11) is 0. The zero-order valence-electron chi connectivity index (χ0n) is 17.9. The van der Waals surface area contributed by atoms with Crippen LogP contribution in [-0.2, 0) is 5.41 Å². The number of amides is 1. The Morgan fingerprint density at radius 2 is 1.94 bits per heavy atom. The van der Waals surface area contributed by atoms with Gasteiger partial charge in [-0.3, -0.25) is 4.79 Å². The van der Waals surface area contributed by atoms with Crippen molar-refractivity contribution in [3.63, 3.8) is 0 Å². The molecule has 5 nitrogen and oxygen atoms in total. The number of hydrogen-bond donors (Lipinski definition) is 3. The van der Waals surface area contributed by atoms with Gasteiger partial charge in [0.15, 0.2) is 0 Å². The maximum Gasteiger partial charge on any atom is 0.251 e. The normalized spacial score (nSPS) is 31.1. The Morgan fingerprint density at radius 3 is 2.68 bits per heavy atom. The quantitative estimate of drug-likeness (QED) is 0.694. The van der Waals surface area contributed by atoms with Gasteiger partial charge in [-0.15, -0.1) is 0 Å². The lowest BCUT2D eigenvalue weighted by molar-refractivity contribution is -0.0482. The fourth-order valence-corrected chi connectivity index (χ4v) is 5.90. The number of rotatable bonds is 5. The first-order chi connectivity index (χ1) is 15.0. The lowest BCUT2D eigenvalue weighted by atomic mass is 9.57. The molecule has 2 saturated carbocycles. The van der Waals surface area contributed by atoms with Gasteiger partial charge in [-0.2, -0.15) is 0 Å². The van der Waals surface area contributed by atoms with Crippen LogP contribution in [0.3, 0.4) is 0 Å². The fourth-order valence-electron chi connectivity index (χ4n) is 5.90. The molecule has 164 valence electrons. The highest BCUT2D eigenvalue weighted by Crippen LogP contribution is 2.50. The van der Waals surface area contributed by atoms with Crippen molar-refractivity contribution >= 4 is 5.91 Å². The molecule has 31 heavy (non-hydrogen) atoms. The summed E-state index contributed by atoms with van der Waals surface area (Å²) in [6.45, 7) is 3.01. The number of piperidine rings is 1. The van der Waals surface area contributed by atoms with E-state index in [1.807, 2.05) is 42.5 Å². The summed E-state index contributed by atoms with van der Waals surface area (Å²) in [5.74, 6) is 1.10. The standard InChI is InChI=1S/C26H32N2O3/c29-22-8-4-7-20(13-22)26-11-12-28(16-18-9-10-18)17-23(26)24(30)14-21(15-26)27-25(31)19-5-2-1-3-6-19/h1-8,13,18,21,23-24,29-30H,9-12,14-17H2,(H,27,31)/t21-,23-,24?,26-/m0/s1. The van der Waals surface area contributed by atoms with Crippen LogP contribution in [0.1, 0.15) is 48.0 Å². The van der Waals surface area contributed by atoms with Crippen LogP contribution in [0.2, 0.25) is 0 Å².